The molecule has 1 fully saturated rings. The van der Waals surface area contributed by atoms with E-state index < -0.39 is 0 Å². The van der Waals surface area contributed by atoms with Crippen LogP contribution in [-0.2, 0) is 6.54 Å². The molecule has 0 aromatic heterocycles. The summed E-state index contributed by atoms with van der Waals surface area (Å²) < 4.78 is 12.2. The summed E-state index contributed by atoms with van der Waals surface area (Å²) in [5.41, 5.74) is 3.79. The highest BCUT2D eigenvalue weighted by molar-refractivity contribution is 9.12. The molecule has 1 saturated heterocycles. The average molecular weight is 456 g/mol. The molecule has 5 rings (SSSR count). The van der Waals surface area contributed by atoms with Crippen LogP contribution in [0.15, 0.2) is 65.2 Å². The molecule has 0 saturated carbocycles. The third kappa shape index (κ3) is 3.97. The van der Waals surface area contributed by atoms with Crippen LogP contribution in [0.3, 0.4) is 0 Å². The molecule has 3 aliphatic heterocycles. The van der Waals surface area contributed by atoms with Crippen LogP contribution in [-0.4, -0.2) is 23.8 Å². The topological polar surface area (TPSA) is 21.7 Å². The van der Waals surface area contributed by atoms with Gasteiger partial charge in [-0.3, -0.25) is 4.90 Å². The van der Waals surface area contributed by atoms with E-state index in [1.165, 1.54) is 16.7 Å². The summed E-state index contributed by atoms with van der Waals surface area (Å²) >= 11 is 3.78. The molecule has 3 unspecified atom stereocenters. The fourth-order valence-corrected chi connectivity index (χ4v) is 5.62. The molecular formula is C25H30BrNO2. The van der Waals surface area contributed by atoms with Gasteiger partial charge in [0.15, 0.2) is 11.5 Å². The third-order valence-electron chi connectivity index (χ3n) is 6.43. The Morgan fingerprint density at radius 3 is 2.79 bits per heavy atom. The van der Waals surface area contributed by atoms with Gasteiger partial charge in [0.1, 0.15) is 0 Å². The first kappa shape index (κ1) is 20.5. The smallest absolute Gasteiger partial charge is 0.231 e. The Morgan fingerprint density at radius 1 is 1.28 bits per heavy atom. The van der Waals surface area contributed by atoms with Crippen molar-refractivity contribution < 1.29 is 9.47 Å². The van der Waals surface area contributed by atoms with Crippen molar-refractivity contribution in [3.05, 3.63) is 70.8 Å². The van der Waals surface area contributed by atoms with Gasteiger partial charge in [-0.1, -0.05) is 60.1 Å². The number of hydrogen-bond donors (Lipinski definition) is 0. The molecule has 1 aliphatic carbocycles. The standard InChI is InChI=1S/C25H30BrNO2/c1-16(2)11-21-24-17(3)20(26)8-6-7-19(13-25(24,4)5)27(21)14-18-9-10-22-23(12-18)29-15-28-22/h6-10,12,19,21,24H,1,3,11,13-15H2,2,4-5H3/b7-6-,20-8+. The third-order valence-corrected chi connectivity index (χ3v) is 7.21. The maximum absolute atomic E-state index is 5.61. The van der Waals surface area contributed by atoms with E-state index in [1.807, 2.05) is 6.07 Å². The number of fused-ring (bicyclic) bond motifs is 5. The normalized spacial score (nSPS) is 30.8. The molecule has 3 atom stereocenters. The number of nitrogens with zero attached hydrogens (tertiary/aromatic N) is 1. The predicted molar refractivity (Wildman–Crippen MR) is 122 cm³/mol. The largest absolute Gasteiger partial charge is 0.454 e. The minimum Gasteiger partial charge on any atom is -0.454 e. The van der Waals surface area contributed by atoms with Crippen molar-refractivity contribution >= 4 is 15.9 Å². The summed E-state index contributed by atoms with van der Waals surface area (Å²) in [5, 5.41) is 0. The highest BCUT2D eigenvalue weighted by Gasteiger charge is 2.48. The Kier molecular flexibility index (Phi) is 5.52. The summed E-state index contributed by atoms with van der Waals surface area (Å²) in [4.78, 5) is 2.64. The first-order valence-corrected chi connectivity index (χ1v) is 11.1. The molecule has 3 nitrogen and oxygen atoms in total. The van der Waals surface area contributed by atoms with E-state index in [9.17, 15) is 0 Å². The van der Waals surface area contributed by atoms with Gasteiger partial charge in [-0.2, -0.15) is 0 Å². The summed E-state index contributed by atoms with van der Waals surface area (Å²) in [6.07, 6.45) is 8.72. The number of allylic oxidation sites excluding steroid dienone is 3. The number of ether oxygens (including phenoxy) is 2. The molecule has 0 amide bonds. The monoisotopic (exact) mass is 455 g/mol. The van der Waals surface area contributed by atoms with Crippen molar-refractivity contribution in [1.82, 2.24) is 4.90 Å². The lowest BCUT2D eigenvalue weighted by atomic mass is 9.63. The second-order valence-corrected chi connectivity index (χ2v) is 10.1. The summed E-state index contributed by atoms with van der Waals surface area (Å²) in [6, 6.07) is 7.00. The van der Waals surface area contributed by atoms with Gasteiger partial charge in [-0.15, -0.1) is 6.58 Å². The van der Waals surface area contributed by atoms with E-state index in [2.05, 4.69) is 85.1 Å². The Bertz CT molecular complexity index is 898. The Hall–Kier alpha value is -1.78. The molecule has 154 valence electrons. The molecule has 1 aromatic rings. The fourth-order valence-electron chi connectivity index (χ4n) is 5.22. The lowest BCUT2D eigenvalue weighted by Crippen LogP contribution is -2.56. The van der Waals surface area contributed by atoms with E-state index in [0.717, 1.165) is 35.4 Å². The second-order valence-electron chi connectivity index (χ2n) is 9.25. The number of piperidine rings is 1. The quantitative estimate of drug-likeness (QED) is 0.492. The van der Waals surface area contributed by atoms with E-state index in [4.69, 9.17) is 9.47 Å². The zero-order valence-corrected chi connectivity index (χ0v) is 19.2. The molecule has 1 aromatic carbocycles. The summed E-state index contributed by atoms with van der Waals surface area (Å²) in [6.45, 7) is 16.8. The van der Waals surface area contributed by atoms with Crippen LogP contribution < -0.4 is 9.47 Å². The number of benzene rings is 1. The molecule has 0 spiro atoms. The second kappa shape index (κ2) is 7.81. The Labute approximate surface area is 182 Å². The van der Waals surface area contributed by atoms with Crippen LogP contribution in [0.5, 0.6) is 11.5 Å². The maximum Gasteiger partial charge on any atom is 0.231 e. The lowest BCUT2D eigenvalue weighted by molar-refractivity contribution is -0.0111. The van der Waals surface area contributed by atoms with Crippen LogP contribution in [0.4, 0.5) is 0 Å². The van der Waals surface area contributed by atoms with Crippen molar-refractivity contribution in [3.8, 4) is 11.5 Å². The van der Waals surface area contributed by atoms with E-state index >= 15 is 0 Å². The van der Waals surface area contributed by atoms with Crippen molar-refractivity contribution in [2.45, 2.75) is 52.2 Å². The minimum absolute atomic E-state index is 0.148. The molecule has 4 heteroatoms. The number of hydrogen-bond acceptors (Lipinski definition) is 3. The summed E-state index contributed by atoms with van der Waals surface area (Å²) in [7, 11) is 0. The zero-order valence-electron chi connectivity index (χ0n) is 17.6. The molecule has 2 bridgehead atoms. The van der Waals surface area contributed by atoms with E-state index in [-0.39, 0.29) is 5.41 Å². The first-order valence-electron chi connectivity index (χ1n) is 10.3. The predicted octanol–water partition coefficient (Wildman–Crippen LogP) is 6.37. The number of rotatable bonds is 4. The lowest BCUT2D eigenvalue weighted by Gasteiger charge is -2.54. The van der Waals surface area contributed by atoms with Crippen molar-refractivity contribution in [1.29, 1.82) is 0 Å². The van der Waals surface area contributed by atoms with Gasteiger partial charge < -0.3 is 9.47 Å². The van der Waals surface area contributed by atoms with Gasteiger partial charge in [-0.25, -0.2) is 0 Å². The highest BCUT2D eigenvalue weighted by Crippen LogP contribution is 2.51. The molecule has 29 heavy (non-hydrogen) atoms. The summed E-state index contributed by atoms with van der Waals surface area (Å²) in [5.74, 6) is 2.02. The highest BCUT2D eigenvalue weighted by atomic mass is 79.9. The maximum atomic E-state index is 5.61. The first-order chi connectivity index (χ1) is 13.8. The van der Waals surface area contributed by atoms with Crippen molar-refractivity contribution in [2.24, 2.45) is 11.3 Å². The Morgan fingerprint density at radius 2 is 2.03 bits per heavy atom. The molecule has 0 radical (unpaired) electrons. The van der Waals surface area contributed by atoms with Gasteiger partial charge >= 0.3 is 0 Å². The van der Waals surface area contributed by atoms with Crippen LogP contribution in [0, 0.1) is 11.3 Å². The van der Waals surface area contributed by atoms with E-state index in [0.29, 0.717) is 24.8 Å². The fraction of sp³-hybridized carbons (Fsp3) is 0.440. The molecular weight excluding hydrogens is 426 g/mol. The van der Waals surface area contributed by atoms with Gasteiger partial charge in [0.2, 0.25) is 6.79 Å². The minimum atomic E-state index is 0.148. The van der Waals surface area contributed by atoms with Crippen molar-refractivity contribution in [2.75, 3.05) is 6.79 Å². The molecule has 4 aliphatic rings. The van der Waals surface area contributed by atoms with Crippen LogP contribution >= 0.6 is 15.9 Å². The van der Waals surface area contributed by atoms with Gasteiger partial charge in [0.05, 0.1) is 0 Å². The SMILES string of the molecule is C=C(C)CC1C2C(=C)/C(Br)=C\C=C/C(CC2(C)C)N1Cc1ccc2c(c1)OCO2. The van der Waals surface area contributed by atoms with E-state index in [1.54, 1.807) is 0 Å². The van der Waals surface area contributed by atoms with Crippen molar-refractivity contribution in [3.63, 3.8) is 0 Å². The van der Waals surface area contributed by atoms with Crippen LogP contribution in [0.25, 0.3) is 0 Å². The van der Waals surface area contributed by atoms with Gasteiger partial charge in [0.25, 0.3) is 0 Å². The molecule has 3 heterocycles. The van der Waals surface area contributed by atoms with Crippen LogP contribution in [0.2, 0.25) is 0 Å². The Balaban J connectivity index is 1.74. The van der Waals surface area contributed by atoms with Crippen LogP contribution in [0.1, 0.15) is 39.2 Å². The van der Waals surface area contributed by atoms with Gasteiger partial charge in [0, 0.05) is 29.0 Å². The number of halogens is 1. The molecule has 0 N–H and O–H groups in total. The average Bonchev–Trinajstić information content (AvgIpc) is 3.12. The van der Waals surface area contributed by atoms with Gasteiger partial charge in [-0.05, 0) is 54.5 Å². The zero-order chi connectivity index (χ0) is 20.8.